The van der Waals surface area contributed by atoms with Gasteiger partial charge in [-0.25, -0.2) is 4.98 Å². The number of aliphatic hydroxyl groups excluding tert-OH is 1. The van der Waals surface area contributed by atoms with Gasteiger partial charge in [-0.1, -0.05) is 19.9 Å². The molecule has 84 valence electrons. The summed E-state index contributed by atoms with van der Waals surface area (Å²) in [7, 11) is 0. The second kappa shape index (κ2) is 5.56. The van der Waals surface area contributed by atoms with E-state index in [9.17, 15) is 5.11 Å². The standard InChI is InChI=1S/C11H19N3O/c1-8(2)6-9(15)7-13-11-5-3-4-10(12)14-11/h3-5,8-9,15H,6-7H2,1-2H3,(H3,12,13,14). The highest BCUT2D eigenvalue weighted by molar-refractivity contribution is 5.42. The van der Waals surface area contributed by atoms with Crippen LogP contribution < -0.4 is 11.1 Å². The lowest BCUT2D eigenvalue weighted by Gasteiger charge is -2.14. The lowest BCUT2D eigenvalue weighted by molar-refractivity contribution is 0.161. The average molecular weight is 209 g/mol. The molecule has 4 N–H and O–H groups in total. The van der Waals surface area contributed by atoms with Gasteiger partial charge in [0.05, 0.1) is 6.10 Å². The van der Waals surface area contributed by atoms with Crippen molar-refractivity contribution in [2.75, 3.05) is 17.6 Å². The smallest absolute Gasteiger partial charge is 0.128 e. The van der Waals surface area contributed by atoms with Crippen molar-refractivity contribution in [3.8, 4) is 0 Å². The van der Waals surface area contributed by atoms with Crippen molar-refractivity contribution >= 4 is 11.6 Å². The van der Waals surface area contributed by atoms with Gasteiger partial charge in [-0.05, 0) is 24.5 Å². The Bertz CT molecular complexity index is 302. The number of aromatic nitrogens is 1. The Balaban J connectivity index is 2.36. The van der Waals surface area contributed by atoms with Crippen LogP contribution in [-0.4, -0.2) is 22.7 Å². The molecular formula is C11H19N3O. The molecule has 0 spiro atoms. The Morgan fingerprint density at radius 3 is 2.80 bits per heavy atom. The Labute approximate surface area is 90.5 Å². The second-order valence-electron chi connectivity index (χ2n) is 4.11. The summed E-state index contributed by atoms with van der Waals surface area (Å²) in [5.41, 5.74) is 5.53. The first-order valence-electron chi connectivity index (χ1n) is 5.22. The van der Waals surface area contributed by atoms with Crippen LogP contribution in [0.2, 0.25) is 0 Å². The van der Waals surface area contributed by atoms with Crippen LogP contribution in [0.15, 0.2) is 18.2 Å². The summed E-state index contributed by atoms with van der Waals surface area (Å²) in [5, 5.41) is 12.7. The molecule has 0 aromatic carbocycles. The number of rotatable bonds is 5. The minimum absolute atomic E-state index is 0.340. The van der Waals surface area contributed by atoms with Gasteiger partial charge < -0.3 is 16.2 Å². The van der Waals surface area contributed by atoms with Gasteiger partial charge in [0.2, 0.25) is 0 Å². The quantitative estimate of drug-likeness (QED) is 0.687. The summed E-state index contributed by atoms with van der Waals surface area (Å²) < 4.78 is 0. The molecule has 15 heavy (non-hydrogen) atoms. The summed E-state index contributed by atoms with van der Waals surface area (Å²) >= 11 is 0. The first kappa shape index (κ1) is 11.8. The van der Waals surface area contributed by atoms with Gasteiger partial charge in [-0.15, -0.1) is 0 Å². The third kappa shape index (κ3) is 4.65. The maximum Gasteiger partial charge on any atom is 0.128 e. The van der Waals surface area contributed by atoms with Gasteiger partial charge in [0.15, 0.2) is 0 Å². The van der Waals surface area contributed by atoms with Crippen molar-refractivity contribution in [2.45, 2.75) is 26.4 Å². The molecule has 0 fully saturated rings. The van der Waals surface area contributed by atoms with E-state index in [1.54, 1.807) is 6.07 Å². The molecule has 0 saturated carbocycles. The van der Waals surface area contributed by atoms with E-state index in [1.807, 2.05) is 12.1 Å². The monoisotopic (exact) mass is 209 g/mol. The first-order valence-corrected chi connectivity index (χ1v) is 5.22. The van der Waals surface area contributed by atoms with Gasteiger partial charge in [0.25, 0.3) is 0 Å². The lowest BCUT2D eigenvalue weighted by Crippen LogP contribution is -2.21. The molecule has 1 heterocycles. The van der Waals surface area contributed by atoms with Crippen LogP contribution >= 0.6 is 0 Å². The topological polar surface area (TPSA) is 71.2 Å². The summed E-state index contributed by atoms with van der Waals surface area (Å²) in [5.74, 6) is 1.69. The zero-order chi connectivity index (χ0) is 11.3. The largest absolute Gasteiger partial charge is 0.391 e. The molecule has 0 aliphatic rings. The van der Waals surface area contributed by atoms with Crippen molar-refractivity contribution in [2.24, 2.45) is 5.92 Å². The van der Waals surface area contributed by atoms with Crippen LogP contribution in [0, 0.1) is 5.92 Å². The number of aliphatic hydroxyl groups is 1. The van der Waals surface area contributed by atoms with E-state index >= 15 is 0 Å². The predicted octanol–water partition coefficient (Wildman–Crippen LogP) is 1.48. The molecule has 4 nitrogen and oxygen atoms in total. The van der Waals surface area contributed by atoms with E-state index < -0.39 is 0 Å². The molecule has 0 radical (unpaired) electrons. The molecule has 1 aromatic heterocycles. The van der Waals surface area contributed by atoms with Crippen LogP contribution in [0.3, 0.4) is 0 Å². The van der Waals surface area contributed by atoms with E-state index in [2.05, 4.69) is 24.1 Å². The lowest BCUT2D eigenvalue weighted by atomic mass is 10.1. The predicted molar refractivity (Wildman–Crippen MR) is 62.6 cm³/mol. The highest BCUT2D eigenvalue weighted by Crippen LogP contribution is 2.08. The third-order valence-corrected chi connectivity index (χ3v) is 2.03. The molecule has 0 aliphatic heterocycles. The number of nitrogens with one attached hydrogen (secondary N) is 1. The SMILES string of the molecule is CC(C)CC(O)CNc1cccc(N)n1. The minimum Gasteiger partial charge on any atom is -0.391 e. The van der Waals surface area contributed by atoms with Gasteiger partial charge in [-0.2, -0.15) is 0 Å². The van der Waals surface area contributed by atoms with Crippen molar-refractivity contribution in [1.82, 2.24) is 4.98 Å². The molecule has 0 aliphatic carbocycles. The number of hydrogen-bond acceptors (Lipinski definition) is 4. The van der Waals surface area contributed by atoms with Crippen LogP contribution in [0.5, 0.6) is 0 Å². The van der Waals surface area contributed by atoms with E-state index in [1.165, 1.54) is 0 Å². The number of hydrogen-bond donors (Lipinski definition) is 3. The zero-order valence-corrected chi connectivity index (χ0v) is 9.27. The molecule has 1 aromatic rings. The van der Waals surface area contributed by atoms with Crippen molar-refractivity contribution in [1.29, 1.82) is 0 Å². The molecule has 1 rings (SSSR count). The van der Waals surface area contributed by atoms with Crippen LogP contribution in [0.1, 0.15) is 20.3 Å². The third-order valence-electron chi connectivity index (χ3n) is 2.03. The van der Waals surface area contributed by atoms with E-state index in [0.717, 1.165) is 6.42 Å². The molecule has 1 unspecified atom stereocenters. The van der Waals surface area contributed by atoms with Gasteiger partial charge in [0, 0.05) is 6.54 Å². The molecule has 1 atom stereocenters. The van der Waals surface area contributed by atoms with Crippen molar-refractivity contribution in [3.05, 3.63) is 18.2 Å². The number of nitrogen functional groups attached to an aromatic ring is 1. The number of pyridine rings is 1. The van der Waals surface area contributed by atoms with E-state index in [-0.39, 0.29) is 6.10 Å². The normalized spacial score (nSPS) is 12.8. The van der Waals surface area contributed by atoms with Crippen molar-refractivity contribution in [3.63, 3.8) is 0 Å². The van der Waals surface area contributed by atoms with Crippen LogP contribution in [-0.2, 0) is 0 Å². The van der Waals surface area contributed by atoms with E-state index in [4.69, 9.17) is 5.73 Å². The Morgan fingerprint density at radius 1 is 1.47 bits per heavy atom. The minimum atomic E-state index is -0.340. The van der Waals surface area contributed by atoms with E-state index in [0.29, 0.717) is 24.1 Å². The number of nitrogens with two attached hydrogens (primary N) is 1. The zero-order valence-electron chi connectivity index (χ0n) is 9.27. The number of anilines is 2. The fraction of sp³-hybridized carbons (Fsp3) is 0.545. The highest BCUT2D eigenvalue weighted by Gasteiger charge is 2.06. The maximum atomic E-state index is 9.63. The first-order chi connectivity index (χ1) is 7.08. The highest BCUT2D eigenvalue weighted by atomic mass is 16.3. The Kier molecular flexibility index (Phi) is 4.37. The molecule has 0 saturated heterocycles. The molecule has 0 bridgehead atoms. The average Bonchev–Trinajstić information content (AvgIpc) is 2.14. The Hall–Kier alpha value is -1.29. The number of nitrogens with zero attached hydrogens (tertiary/aromatic N) is 1. The maximum absolute atomic E-state index is 9.63. The second-order valence-corrected chi connectivity index (χ2v) is 4.11. The van der Waals surface area contributed by atoms with Gasteiger partial charge in [0.1, 0.15) is 11.6 Å². The van der Waals surface area contributed by atoms with Crippen molar-refractivity contribution < 1.29 is 5.11 Å². The Morgan fingerprint density at radius 2 is 2.20 bits per heavy atom. The molecule has 0 amide bonds. The van der Waals surface area contributed by atoms with Crippen LogP contribution in [0.4, 0.5) is 11.6 Å². The van der Waals surface area contributed by atoms with Gasteiger partial charge in [-0.3, -0.25) is 0 Å². The summed E-state index contributed by atoms with van der Waals surface area (Å²) in [6.07, 6.45) is 0.447. The van der Waals surface area contributed by atoms with Crippen LogP contribution in [0.25, 0.3) is 0 Å². The molecular weight excluding hydrogens is 190 g/mol. The summed E-state index contributed by atoms with van der Waals surface area (Å²) in [6.45, 7) is 4.68. The summed E-state index contributed by atoms with van der Waals surface area (Å²) in [4.78, 5) is 4.08. The fourth-order valence-corrected chi connectivity index (χ4v) is 1.40. The fourth-order valence-electron chi connectivity index (χ4n) is 1.40. The van der Waals surface area contributed by atoms with Gasteiger partial charge >= 0.3 is 0 Å². The molecule has 4 heteroatoms. The summed E-state index contributed by atoms with van der Waals surface area (Å²) in [6, 6.07) is 5.40.